The third-order valence-electron chi connectivity index (χ3n) is 9.59. The monoisotopic (exact) mass is 677 g/mol. The highest BCUT2D eigenvalue weighted by Crippen LogP contribution is 2.56. The predicted octanol–water partition coefficient (Wildman–Crippen LogP) is 6.03. The van der Waals surface area contributed by atoms with Crippen molar-refractivity contribution in [1.29, 1.82) is 0 Å². The fraction of sp³-hybridized carbons (Fsp3) is 0.216. The lowest BCUT2D eigenvalue weighted by Gasteiger charge is -2.42. The fourth-order valence-corrected chi connectivity index (χ4v) is 7.89. The molecular formula is C37H28BrNO7. The summed E-state index contributed by atoms with van der Waals surface area (Å²) in [5.74, 6) is -3.88. The molecule has 2 amide bonds. The van der Waals surface area contributed by atoms with Crippen LogP contribution in [-0.2, 0) is 19.2 Å². The molecule has 4 atom stereocenters. The highest BCUT2D eigenvalue weighted by atomic mass is 79.9. The van der Waals surface area contributed by atoms with Gasteiger partial charge in [0.25, 0.3) is 0 Å². The number of ether oxygens (including phenoxy) is 1. The number of rotatable bonds is 5. The van der Waals surface area contributed by atoms with Crippen molar-refractivity contribution in [3.8, 4) is 11.5 Å². The summed E-state index contributed by atoms with van der Waals surface area (Å²) in [6.45, 7) is 1.61. The zero-order valence-corrected chi connectivity index (χ0v) is 26.5. The van der Waals surface area contributed by atoms with E-state index in [0.29, 0.717) is 43.6 Å². The van der Waals surface area contributed by atoms with Crippen LogP contribution in [0.1, 0.15) is 47.2 Å². The van der Waals surface area contributed by atoms with Crippen molar-refractivity contribution >= 4 is 50.8 Å². The maximum atomic E-state index is 14.2. The van der Waals surface area contributed by atoms with E-state index in [1.807, 2.05) is 12.1 Å². The Kier molecular flexibility index (Phi) is 7.24. The van der Waals surface area contributed by atoms with E-state index in [0.717, 1.165) is 5.57 Å². The minimum atomic E-state index is -0.743. The second-order valence-corrected chi connectivity index (χ2v) is 12.9. The number of carbonyl (C=O) groups is 5. The van der Waals surface area contributed by atoms with E-state index in [9.17, 15) is 29.1 Å². The van der Waals surface area contributed by atoms with E-state index in [4.69, 9.17) is 4.74 Å². The smallest absolute Gasteiger partial charge is 0.238 e. The van der Waals surface area contributed by atoms with Gasteiger partial charge in [0.1, 0.15) is 0 Å². The number of fused-ring (bicyclic) bond motifs is 3. The lowest BCUT2D eigenvalue weighted by atomic mass is 9.59. The van der Waals surface area contributed by atoms with Crippen LogP contribution in [0.4, 0.5) is 5.69 Å². The SMILES string of the molecule is COc1cc(C2C3=CCC4C(=O)N(c5ccc(C(=O)c6ccccc6)cc5)C(=O)C4C3CC3=C2C(=O)C(C)=CC3=O)cc(Br)c1O. The van der Waals surface area contributed by atoms with Gasteiger partial charge in [-0.3, -0.25) is 28.9 Å². The molecule has 1 N–H and O–H groups in total. The van der Waals surface area contributed by atoms with Gasteiger partial charge in [0.05, 0.1) is 29.1 Å². The van der Waals surface area contributed by atoms with Gasteiger partial charge in [-0.05, 0) is 89.7 Å². The number of amides is 2. The molecule has 0 aromatic heterocycles. The molecule has 1 saturated heterocycles. The maximum Gasteiger partial charge on any atom is 0.238 e. The first kappa shape index (κ1) is 29.8. The van der Waals surface area contributed by atoms with Gasteiger partial charge in [-0.1, -0.05) is 42.0 Å². The molecule has 1 fully saturated rings. The van der Waals surface area contributed by atoms with Crippen molar-refractivity contribution in [2.45, 2.75) is 25.7 Å². The number of ketones is 3. The third kappa shape index (κ3) is 4.52. The van der Waals surface area contributed by atoms with Gasteiger partial charge in [-0.2, -0.15) is 0 Å². The maximum absolute atomic E-state index is 14.2. The average Bonchev–Trinajstić information content (AvgIpc) is 3.33. The first-order valence-electron chi connectivity index (χ1n) is 14.9. The molecule has 230 valence electrons. The highest BCUT2D eigenvalue weighted by molar-refractivity contribution is 9.10. The summed E-state index contributed by atoms with van der Waals surface area (Å²) in [5, 5.41) is 10.5. The van der Waals surface area contributed by atoms with E-state index in [1.54, 1.807) is 67.6 Å². The zero-order valence-electron chi connectivity index (χ0n) is 25.0. The Labute approximate surface area is 273 Å². The van der Waals surface area contributed by atoms with Gasteiger partial charge >= 0.3 is 0 Å². The second kappa shape index (κ2) is 11.2. The standard InChI is InChI=1S/C37H28BrNO7/c1-18-14-28(40)26-17-25-23(30(32(26)33(18)41)21-15-27(38)35(43)29(16-21)46-2)12-13-24-31(25)37(45)39(36(24)44)22-10-8-20(9-11-22)34(42)19-6-4-3-5-7-19/h3-12,14-16,24-25,30-31,43H,13,17H2,1-2H3. The lowest BCUT2D eigenvalue weighted by molar-refractivity contribution is -0.123. The molecule has 0 saturated carbocycles. The molecule has 0 radical (unpaired) electrons. The number of phenols is 1. The number of Topliss-reactive ketones (excluding diaryl/α,β-unsaturated/α-hetero) is 1. The number of anilines is 1. The molecule has 3 aliphatic carbocycles. The quantitative estimate of drug-likeness (QED) is 0.152. The number of allylic oxidation sites excluding steroid dienone is 6. The number of hydrogen-bond donors (Lipinski definition) is 1. The minimum Gasteiger partial charge on any atom is -0.503 e. The number of carbonyl (C=O) groups excluding carboxylic acids is 5. The highest BCUT2D eigenvalue weighted by Gasteiger charge is 2.56. The van der Waals surface area contributed by atoms with E-state index < -0.39 is 23.7 Å². The molecular weight excluding hydrogens is 650 g/mol. The Bertz CT molecular complexity index is 1970. The van der Waals surface area contributed by atoms with Crippen LogP contribution in [0.3, 0.4) is 0 Å². The molecule has 3 aromatic carbocycles. The minimum absolute atomic E-state index is 0.101. The van der Waals surface area contributed by atoms with Gasteiger partial charge in [0.2, 0.25) is 11.8 Å². The van der Waals surface area contributed by atoms with Gasteiger partial charge in [0.15, 0.2) is 28.8 Å². The first-order chi connectivity index (χ1) is 22.1. The summed E-state index contributed by atoms with van der Waals surface area (Å²) >= 11 is 3.39. The second-order valence-electron chi connectivity index (χ2n) is 12.0. The van der Waals surface area contributed by atoms with E-state index >= 15 is 0 Å². The van der Waals surface area contributed by atoms with Crippen molar-refractivity contribution in [2.75, 3.05) is 12.0 Å². The molecule has 1 aliphatic heterocycles. The Morgan fingerprint density at radius 2 is 1.63 bits per heavy atom. The summed E-state index contributed by atoms with van der Waals surface area (Å²) in [7, 11) is 1.42. The van der Waals surface area contributed by atoms with Crippen molar-refractivity contribution in [1.82, 2.24) is 0 Å². The largest absolute Gasteiger partial charge is 0.503 e. The molecule has 9 heteroatoms. The van der Waals surface area contributed by atoms with Crippen molar-refractivity contribution in [3.05, 3.63) is 122 Å². The number of halogens is 1. The topological polar surface area (TPSA) is 118 Å². The van der Waals surface area contributed by atoms with Crippen LogP contribution >= 0.6 is 15.9 Å². The number of phenolic OH excluding ortho intramolecular Hbond substituents is 1. The first-order valence-corrected chi connectivity index (χ1v) is 15.7. The molecule has 0 spiro atoms. The number of aromatic hydroxyl groups is 1. The van der Waals surface area contributed by atoms with Gasteiger partial charge in [-0.15, -0.1) is 0 Å². The van der Waals surface area contributed by atoms with E-state index in [2.05, 4.69) is 15.9 Å². The number of imide groups is 1. The van der Waals surface area contributed by atoms with E-state index in [1.165, 1.54) is 18.1 Å². The van der Waals surface area contributed by atoms with Crippen LogP contribution in [0, 0.1) is 17.8 Å². The average molecular weight is 679 g/mol. The van der Waals surface area contributed by atoms with Crippen molar-refractivity contribution < 1.29 is 33.8 Å². The Balaban J connectivity index is 1.27. The molecule has 8 nitrogen and oxygen atoms in total. The van der Waals surface area contributed by atoms with Crippen molar-refractivity contribution in [3.63, 3.8) is 0 Å². The predicted molar refractivity (Wildman–Crippen MR) is 172 cm³/mol. The van der Waals surface area contributed by atoms with Crippen LogP contribution in [0.15, 0.2) is 106 Å². The number of nitrogens with zero attached hydrogens (tertiary/aromatic N) is 1. The van der Waals surface area contributed by atoms with Crippen molar-refractivity contribution in [2.24, 2.45) is 17.8 Å². The molecule has 0 bridgehead atoms. The van der Waals surface area contributed by atoms with E-state index in [-0.39, 0.29) is 53.5 Å². The molecule has 46 heavy (non-hydrogen) atoms. The zero-order chi connectivity index (χ0) is 32.4. The molecule has 4 unspecified atom stereocenters. The summed E-state index contributed by atoms with van der Waals surface area (Å²) < 4.78 is 5.76. The van der Waals surface area contributed by atoms with Crippen LogP contribution in [-0.4, -0.2) is 41.4 Å². The van der Waals surface area contributed by atoms with Gasteiger partial charge < -0.3 is 9.84 Å². The molecule has 4 aliphatic rings. The number of hydrogen-bond acceptors (Lipinski definition) is 7. The van der Waals surface area contributed by atoms with Crippen LogP contribution in [0.5, 0.6) is 11.5 Å². The Hall–Kier alpha value is -4.89. The van der Waals surface area contributed by atoms with Crippen LogP contribution in [0.25, 0.3) is 0 Å². The normalized spacial score (nSPS) is 23.8. The number of methoxy groups -OCH3 is 1. The Morgan fingerprint density at radius 1 is 0.935 bits per heavy atom. The summed E-state index contributed by atoms with van der Waals surface area (Å²) in [6, 6.07) is 18.6. The van der Waals surface area contributed by atoms with Gasteiger partial charge in [0, 0.05) is 33.8 Å². The molecule has 1 heterocycles. The third-order valence-corrected chi connectivity index (χ3v) is 10.2. The summed E-state index contributed by atoms with van der Waals surface area (Å²) in [4.78, 5) is 69.3. The summed E-state index contributed by atoms with van der Waals surface area (Å²) in [6.07, 6.45) is 3.72. The van der Waals surface area contributed by atoms with Gasteiger partial charge in [-0.25, -0.2) is 0 Å². The fourth-order valence-electron chi connectivity index (χ4n) is 7.43. The van der Waals surface area contributed by atoms with Crippen LogP contribution in [0.2, 0.25) is 0 Å². The lowest BCUT2D eigenvalue weighted by Crippen LogP contribution is -2.39. The molecule has 7 rings (SSSR count). The Morgan fingerprint density at radius 3 is 2.33 bits per heavy atom. The molecule has 3 aromatic rings. The van der Waals surface area contributed by atoms with Crippen LogP contribution < -0.4 is 9.64 Å². The number of benzene rings is 3. The summed E-state index contributed by atoms with van der Waals surface area (Å²) in [5.41, 5.74) is 3.79.